The van der Waals surface area contributed by atoms with Crippen LogP contribution in [0, 0.1) is 5.82 Å². The van der Waals surface area contributed by atoms with Gasteiger partial charge in [-0.1, -0.05) is 40.9 Å². The molecule has 2 N–H and O–H groups in total. The second kappa shape index (κ2) is 10.6. The van der Waals surface area contributed by atoms with Crippen molar-refractivity contribution in [3.8, 4) is 0 Å². The van der Waals surface area contributed by atoms with E-state index in [2.05, 4.69) is 10.6 Å². The van der Waals surface area contributed by atoms with Crippen molar-refractivity contribution in [2.24, 2.45) is 0 Å². The molecule has 0 radical (unpaired) electrons. The summed E-state index contributed by atoms with van der Waals surface area (Å²) in [5, 5.41) is 4.93. The van der Waals surface area contributed by atoms with Crippen molar-refractivity contribution < 1.29 is 27.2 Å². The minimum Gasteiger partial charge on any atom is -0.326 e. The van der Waals surface area contributed by atoms with E-state index < -0.39 is 36.1 Å². The molecular formula is C23H15Cl3F4N2O2. The topological polar surface area (TPSA) is 58.2 Å². The normalized spacial score (nSPS) is 12.2. The van der Waals surface area contributed by atoms with Gasteiger partial charge in [-0.05, 0) is 60.2 Å². The lowest BCUT2D eigenvalue weighted by atomic mass is 9.94. The molecule has 0 aliphatic rings. The summed E-state index contributed by atoms with van der Waals surface area (Å²) < 4.78 is 54.0. The van der Waals surface area contributed by atoms with Crippen LogP contribution in [0.3, 0.4) is 0 Å². The average molecular weight is 534 g/mol. The van der Waals surface area contributed by atoms with E-state index in [9.17, 15) is 27.2 Å². The maximum atomic E-state index is 13.6. The van der Waals surface area contributed by atoms with Crippen LogP contribution in [0.5, 0.6) is 0 Å². The van der Waals surface area contributed by atoms with Crippen molar-refractivity contribution in [1.82, 2.24) is 0 Å². The molecule has 2 amide bonds. The van der Waals surface area contributed by atoms with Gasteiger partial charge in [0.25, 0.3) is 5.91 Å². The minimum atomic E-state index is -4.73. The number of amides is 2. The zero-order valence-corrected chi connectivity index (χ0v) is 19.3. The molecule has 0 heterocycles. The number of hydrogen-bond donors (Lipinski definition) is 2. The molecule has 0 fully saturated rings. The maximum Gasteiger partial charge on any atom is 0.396 e. The second-order valence-corrected chi connectivity index (χ2v) is 8.40. The van der Waals surface area contributed by atoms with Crippen molar-refractivity contribution in [2.45, 2.75) is 18.5 Å². The molecule has 1 atom stereocenters. The number of hydrogen-bond acceptors (Lipinski definition) is 2. The Morgan fingerprint density at radius 2 is 1.41 bits per heavy atom. The zero-order valence-electron chi connectivity index (χ0n) is 17.0. The predicted octanol–water partition coefficient (Wildman–Crippen LogP) is 7.71. The second-order valence-electron chi connectivity index (χ2n) is 7.18. The fourth-order valence-corrected chi connectivity index (χ4v) is 3.57. The van der Waals surface area contributed by atoms with Gasteiger partial charge in [-0.25, -0.2) is 4.39 Å². The molecule has 3 rings (SSSR count). The number of alkyl halides is 3. The quantitative estimate of drug-likeness (QED) is 0.319. The molecule has 34 heavy (non-hydrogen) atoms. The minimum absolute atomic E-state index is 0.0411. The maximum absolute atomic E-state index is 13.6. The molecule has 0 saturated heterocycles. The molecule has 0 spiro atoms. The Labute approximate surface area is 206 Å². The van der Waals surface area contributed by atoms with Crippen LogP contribution in [0.2, 0.25) is 15.1 Å². The number of carbonyl (C=O) groups excluding carboxylic acids is 2. The van der Waals surface area contributed by atoms with Gasteiger partial charge < -0.3 is 10.6 Å². The Kier molecular flexibility index (Phi) is 8.07. The highest BCUT2D eigenvalue weighted by atomic mass is 35.5. The molecule has 0 aliphatic heterocycles. The van der Waals surface area contributed by atoms with Crippen molar-refractivity contribution in [1.29, 1.82) is 0 Å². The van der Waals surface area contributed by atoms with Gasteiger partial charge in [0.05, 0.1) is 26.5 Å². The fourth-order valence-electron chi connectivity index (χ4n) is 3.06. The van der Waals surface area contributed by atoms with Crippen molar-refractivity contribution in [2.75, 3.05) is 10.6 Å². The fraction of sp³-hybridized carbons (Fsp3) is 0.130. The number of anilines is 2. The van der Waals surface area contributed by atoms with Gasteiger partial charge in [0, 0.05) is 17.8 Å². The van der Waals surface area contributed by atoms with E-state index in [-0.39, 0.29) is 31.9 Å². The number of halogens is 7. The number of nitrogens with one attached hydrogen (secondary N) is 2. The first-order chi connectivity index (χ1) is 15.9. The molecule has 178 valence electrons. The van der Waals surface area contributed by atoms with Gasteiger partial charge in [-0.3, -0.25) is 9.59 Å². The zero-order chi connectivity index (χ0) is 25.0. The first-order valence-electron chi connectivity index (χ1n) is 9.62. The van der Waals surface area contributed by atoms with Crippen molar-refractivity contribution >= 4 is 58.0 Å². The van der Waals surface area contributed by atoms with Gasteiger partial charge in [-0.2, -0.15) is 13.2 Å². The van der Waals surface area contributed by atoms with Crippen LogP contribution in [-0.2, 0) is 4.79 Å². The van der Waals surface area contributed by atoms with Crippen LogP contribution in [0.15, 0.2) is 60.7 Å². The summed E-state index contributed by atoms with van der Waals surface area (Å²) in [4.78, 5) is 25.0. The summed E-state index contributed by atoms with van der Waals surface area (Å²) in [5.41, 5.74) is 0.105. The highest BCUT2D eigenvalue weighted by Gasteiger charge is 2.42. The molecule has 3 aromatic carbocycles. The predicted molar refractivity (Wildman–Crippen MR) is 124 cm³/mol. The summed E-state index contributed by atoms with van der Waals surface area (Å²) >= 11 is 17.7. The highest BCUT2D eigenvalue weighted by Crippen LogP contribution is 2.39. The number of rotatable bonds is 6. The summed E-state index contributed by atoms with van der Waals surface area (Å²) in [7, 11) is 0. The van der Waals surface area contributed by atoms with Crippen molar-refractivity contribution in [3.05, 3.63) is 92.7 Å². The van der Waals surface area contributed by atoms with E-state index in [0.29, 0.717) is 5.69 Å². The molecular weight excluding hydrogens is 519 g/mol. The first-order valence-corrected chi connectivity index (χ1v) is 10.8. The largest absolute Gasteiger partial charge is 0.396 e. The summed E-state index contributed by atoms with van der Waals surface area (Å²) in [5.74, 6) is -4.22. The van der Waals surface area contributed by atoms with Gasteiger partial charge in [0.1, 0.15) is 5.82 Å². The first kappa shape index (κ1) is 25.8. The Morgan fingerprint density at radius 3 is 2.03 bits per heavy atom. The molecule has 3 aromatic rings. The third-order valence-electron chi connectivity index (χ3n) is 4.73. The number of benzene rings is 3. The van der Waals surface area contributed by atoms with Gasteiger partial charge in [0.2, 0.25) is 5.91 Å². The molecule has 1 unspecified atom stereocenters. The van der Waals surface area contributed by atoms with E-state index in [1.54, 1.807) is 0 Å². The summed E-state index contributed by atoms with van der Waals surface area (Å²) in [6, 6.07) is 12.3. The van der Waals surface area contributed by atoms with Crippen LogP contribution in [0.1, 0.15) is 28.3 Å². The highest BCUT2D eigenvalue weighted by molar-refractivity contribution is 6.42. The third-order valence-corrected chi connectivity index (χ3v) is 5.80. The van der Waals surface area contributed by atoms with E-state index in [0.717, 1.165) is 24.3 Å². The van der Waals surface area contributed by atoms with Crippen LogP contribution in [-0.4, -0.2) is 18.0 Å². The summed E-state index contributed by atoms with van der Waals surface area (Å²) in [6.45, 7) is 0. The monoisotopic (exact) mass is 532 g/mol. The standard InChI is InChI=1S/C23H15Cl3F4N2O2/c24-18-8-6-15(10-16(18)22(34)32-14-4-2-13(27)3-5-14)31-21(33)11-17(23(28,29)30)12-1-7-19(25)20(26)9-12/h1-10,17H,11H2,(H,31,33)(H,32,34). The molecule has 0 aromatic heterocycles. The molecule has 0 bridgehead atoms. The SMILES string of the molecule is O=C(CC(c1ccc(Cl)c(Cl)c1)C(F)(F)F)Nc1ccc(Cl)c(C(=O)Nc2ccc(F)cc2)c1. The lowest BCUT2D eigenvalue weighted by molar-refractivity contribution is -0.155. The Morgan fingerprint density at radius 1 is 0.794 bits per heavy atom. The average Bonchev–Trinajstić information content (AvgIpc) is 2.76. The van der Waals surface area contributed by atoms with E-state index in [1.165, 1.54) is 36.4 Å². The van der Waals surface area contributed by atoms with Crippen LogP contribution >= 0.6 is 34.8 Å². The van der Waals surface area contributed by atoms with E-state index in [4.69, 9.17) is 34.8 Å². The van der Waals surface area contributed by atoms with Crippen molar-refractivity contribution in [3.63, 3.8) is 0 Å². The van der Waals surface area contributed by atoms with Gasteiger partial charge >= 0.3 is 6.18 Å². The van der Waals surface area contributed by atoms with Crippen LogP contribution < -0.4 is 10.6 Å². The van der Waals surface area contributed by atoms with E-state index >= 15 is 0 Å². The van der Waals surface area contributed by atoms with Gasteiger partial charge in [-0.15, -0.1) is 0 Å². The molecule has 0 aliphatic carbocycles. The van der Waals surface area contributed by atoms with E-state index in [1.807, 2.05) is 0 Å². The lowest BCUT2D eigenvalue weighted by Gasteiger charge is -2.21. The lowest BCUT2D eigenvalue weighted by Crippen LogP contribution is -2.26. The Balaban J connectivity index is 1.76. The Bertz CT molecular complexity index is 1220. The Hall–Kier alpha value is -2.81. The smallest absolute Gasteiger partial charge is 0.326 e. The molecule has 0 saturated carbocycles. The number of carbonyl (C=O) groups is 2. The molecule has 11 heteroatoms. The van der Waals surface area contributed by atoms with Crippen LogP contribution in [0.25, 0.3) is 0 Å². The third kappa shape index (κ3) is 6.62. The molecule has 4 nitrogen and oxygen atoms in total. The van der Waals surface area contributed by atoms with Crippen LogP contribution in [0.4, 0.5) is 28.9 Å². The summed E-state index contributed by atoms with van der Waals surface area (Å²) in [6.07, 6.45) is -5.66. The van der Waals surface area contributed by atoms with Gasteiger partial charge in [0.15, 0.2) is 0 Å².